The van der Waals surface area contributed by atoms with Crippen molar-refractivity contribution in [3.8, 4) is 0 Å². The van der Waals surface area contributed by atoms with Crippen LogP contribution in [0.25, 0.3) is 0 Å². The third-order valence-corrected chi connectivity index (χ3v) is 5.55. The molecule has 6 heteroatoms. The lowest BCUT2D eigenvalue weighted by Gasteiger charge is -2.29. The summed E-state index contributed by atoms with van der Waals surface area (Å²) in [7, 11) is 0. The van der Waals surface area contributed by atoms with E-state index in [1.54, 1.807) is 12.1 Å². The van der Waals surface area contributed by atoms with Gasteiger partial charge in [-0.15, -0.1) is 0 Å². The van der Waals surface area contributed by atoms with E-state index in [1.807, 2.05) is 0 Å². The zero-order chi connectivity index (χ0) is 19.1. The van der Waals surface area contributed by atoms with E-state index in [1.165, 1.54) is 57.5 Å². The third kappa shape index (κ3) is 5.91. The number of aliphatic hydroxyl groups is 1. The highest BCUT2D eigenvalue weighted by Crippen LogP contribution is 2.20. The van der Waals surface area contributed by atoms with Crippen molar-refractivity contribution in [1.29, 1.82) is 0 Å². The van der Waals surface area contributed by atoms with Crippen molar-refractivity contribution in [2.45, 2.75) is 38.7 Å². The molecule has 27 heavy (non-hydrogen) atoms. The van der Waals surface area contributed by atoms with E-state index in [0.29, 0.717) is 11.5 Å². The summed E-state index contributed by atoms with van der Waals surface area (Å²) in [5, 5.41) is 13.7. The lowest BCUT2D eigenvalue weighted by atomic mass is 10.1. The SMILES string of the molecule is CCNC(=NCC(O)c1ccc(F)cc1)N1CCC(CN2CCCCC2)C1. The van der Waals surface area contributed by atoms with Gasteiger partial charge in [0.15, 0.2) is 5.96 Å². The summed E-state index contributed by atoms with van der Waals surface area (Å²) < 4.78 is 13.0. The average molecular weight is 377 g/mol. The smallest absolute Gasteiger partial charge is 0.194 e. The van der Waals surface area contributed by atoms with Gasteiger partial charge in [0.1, 0.15) is 5.82 Å². The first-order chi connectivity index (χ1) is 13.2. The quantitative estimate of drug-likeness (QED) is 0.592. The summed E-state index contributed by atoms with van der Waals surface area (Å²) in [4.78, 5) is 9.58. The van der Waals surface area contributed by atoms with Crippen LogP contribution in [0, 0.1) is 11.7 Å². The Morgan fingerprint density at radius 3 is 2.67 bits per heavy atom. The predicted octanol–water partition coefficient (Wildman–Crippen LogP) is 2.63. The van der Waals surface area contributed by atoms with E-state index >= 15 is 0 Å². The van der Waals surface area contributed by atoms with Crippen molar-refractivity contribution in [1.82, 2.24) is 15.1 Å². The van der Waals surface area contributed by atoms with Crippen LogP contribution in [0.5, 0.6) is 0 Å². The normalized spacial score (nSPS) is 22.9. The van der Waals surface area contributed by atoms with Crippen LogP contribution in [0.1, 0.15) is 44.3 Å². The second kappa shape index (κ2) is 10.0. The molecule has 0 bridgehead atoms. The molecule has 2 saturated heterocycles. The van der Waals surface area contributed by atoms with Crippen LogP contribution in [0.4, 0.5) is 4.39 Å². The van der Waals surface area contributed by atoms with Gasteiger partial charge in [-0.05, 0) is 62.9 Å². The standard InChI is InChI=1S/C21H33FN4O/c1-2-23-21(24-14-20(27)18-6-8-19(22)9-7-18)26-13-10-17(16-26)15-25-11-4-3-5-12-25/h6-9,17,20,27H,2-5,10-16H2,1H3,(H,23,24). The summed E-state index contributed by atoms with van der Waals surface area (Å²) in [5.41, 5.74) is 0.695. The fourth-order valence-electron chi connectivity index (χ4n) is 4.07. The molecule has 2 heterocycles. The Labute approximate surface area is 162 Å². The molecule has 2 N–H and O–H groups in total. The summed E-state index contributed by atoms with van der Waals surface area (Å²) in [6, 6.07) is 5.98. The van der Waals surface area contributed by atoms with Gasteiger partial charge >= 0.3 is 0 Å². The highest BCUT2D eigenvalue weighted by atomic mass is 19.1. The number of guanidine groups is 1. The van der Waals surface area contributed by atoms with Gasteiger partial charge < -0.3 is 20.2 Å². The molecule has 0 amide bonds. The molecule has 2 aliphatic rings. The number of rotatable bonds is 6. The summed E-state index contributed by atoms with van der Waals surface area (Å²) >= 11 is 0. The number of hydrogen-bond acceptors (Lipinski definition) is 3. The van der Waals surface area contributed by atoms with Crippen molar-refractivity contribution < 1.29 is 9.50 Å². The van der Waals surface area contributed by atoms with E-state index < -0.39 is 6.10 Å². The van der Waals surface area contributed by atoms with Gasteiger partial charge in [0.05, 0.1) is 12.6 Å². The molecule has 0 aromatic heterocycles. The Morgan fingerprint density at radius 2 is 1.96 bits per heavy atom. The Kier molecular flexibility index (Phi) is 7.47. The summed E-state index contributed by atoms with van der Waals surface area (Å²) in [6.45, 7) is 8.86. The number of aliphatic imine (C=N–C) groups is 1. The molecule has 1 aromatic carbocycles. The number of benzene rings is 1. The fraction of sp³-hybridized carbons (Fsp3) is 0.667. The maximum atomic E-state index is 13.0. The lowest BCUT2D eigenvalue weighted by Crippen LogP contribution is -2.41. The van der Waals surface area contributed by atoms with Crippen LogP contribution in [0.2, 0.25) is 0 Å². The van der Waals surface area contributed by atoms with Gasteiger partial charge in [-0.25, -0.2) is 4.39 Å². The third-order valence-electron chi connectivity index (χ3n) is 5.55. The lowest BCUT2D eigenvalue weighted by molar-refractivity contribution is 0.186. The molecule has 3 rings (SSSR count). The monoisotopic (exact) mass is 376 g/mol. The van der Waals surface area contributed by atoms with Crippen molar-refractivity contribution in [3.05, 3.63) is 35.6 Å². The fourth-order valence-corrected chi connectivity index (χ4v) is 4.07. The molecule has 150 valence electrons. The van der Waals surface area contributed by atoms with E-state index in [0.717, 1.165) is 25.6 Å². The molecule has 2 unspecified atom stereocenters. The van der Waals surface area contributed by atoms with Gasteiger partial charge in [0.25, 0.3) is 0 Å². The first-order valence-electron chi connectivity index (χ1n) is 10.3. The Balaban J connectivity index is 1.54. The van der Waals surface area contributed by atoms with Crippen LogP contribution in [0.15, 0.2) is 29.3 Å². The van der Waals surface area contributed by atoms with E-state index in [2.05, 4.69) is 27.0 Å². The average Bonchev–Trinajstić information content (AvgIpc) is 3.14. The minimum absolute atomic E-state index is 0.279. The largest absolute Gasteiger partial charge is 0.386 e. The maximum Gasteiger partial charge on any atom is 0.194 e. The predicted molar refractivity (Wildman–Crippen MR) is 107 cm³/mol. The number of piperidine rings is 1. The van der Waals surface area contributed by atoms with E-state index in [-0.39, 0.29) is 12.4 Å². The van der Waals surface area contributed by atoms with Gasteiger partial charge in [-0.2, -0.15) is 0 Å². The maximum absolute atomic E-state index is 13.0. The van der Waals surface area contributed by atoms with Crippen LogP contribution in [-0.2, 0) is 0 Å². The van der Waals surface area contributed by atoms with Crippen LogP contribution >= 0.6 is 0 Å². The Morgan fingerprint density at radius 1 is 1.22 bits per heavy atom. The van der Waals surface area contributed by atoms with E-state index in [9.17, 15) is 9.50 Å². The first-order valence-corrected chi connectivity index (χ1v) is 10.3. The van der Waals surface area contributed by atoms with Gasteiger partial charge in [-0.1, -0.05) is 18.6 Å². The topological polar surface area (TPSA) is 51.1 Å². The molecule has 0 spiro atoms. The molecule has 2 fully saturated rings. The first kappa shape index (κ1) is 20.1. The number of likely N-dealkylation sites (tertiary alicyclic amines) is 2. The molecule has 5 nitrogen and oxygen atoms in total. The highest BCUT2D eigenvalue weighted by molar-refractivity contribution is 5.80. The summed E-state index contributed by atoms with van der Waals surface area (Å²) in [5.74, 6) is 1.27. The second-order valence-corrected chi connectivity index (χ2v) is 7.72. The molecular formula is C21H33FN4O. The molecule has 0 radical (unpaired) electrons. The van der Waals surface area contributed by atoms with Crippen molar-refractivity contribution in [3.63, 3.8) is 0 Å². The van der Waals surface area contributed by atoms with Crippen LogP contribution in [-0.4, -0.2) is 66.7 Å². The van der Waals surface area contributed by atoms with Crippen LogP contribution in [0.3, 0.4) is 0 Å². The number of nitrogens with one attached hydrogen (secondary N) is 1. The number of hydrogen-bond donors (Lipinski definition) is 2. The molecule has 0 saturated carbocycles. The molecule has 0 aliphatic carbocycles. The molecule has 1 aromatic rings. The molecular weight excluding hydrogens is 343 g/mol. The molecule has 2 atom stereocenters. The number of halogens is 1. The van der Waals surface area contributed by atoms with Crippen molar-refractivity contribution in [2.24, 2.45) is 10.9 Å². The Bertz CT molecular complexity index is 601. The Hall–Kier alpha value is -1.66. The van der Waals surface area contributed by atoms with Gasteiger partial charge in [0.2, 0.25) is 0 Å². The van der Waals surface area contributed by atoms with Crippen molar-refractivity contribution >= 4 is 5.96 Å². The van der Waals surface area contributed by atoms with E-state index in [4.69, 9.17) is 0 Å². The summed E-state index contributed by atoms with van der Waals surface area (Å²) in [6.07, 6.45) is 4.53. The van der Waals surface area contributed by atoms with Crippen molar-refractivity contribution in [2.75, 3.05) is 45.8 Å². The number of nitrogens with zero attached hydrogens (tertiary/aromatic N) is 3. The van der Waals surface area contributed by atoms with Gasteiger partial charge in [-0.3, -0.25) is 4.99 Å². The van der Waals surface area contributed by atoms with Gasteiger partial charge in [0, 0.05) is 26.2 Å². The second-order valence-electron chi connectivity index (χ2n) is 7.72. The number of aliphatic hydroxyl groups excluding tert-OH is 1. The highest BCUT2D eigenvalue weighted by Gasteiger charge is 2.27. The zero-order valence-corrected chi connectivity index (χ0v) is 16.4. The van der Waals surface area contributed by atoms with Crippen LogP contribution < -0.4 is 5.32 Å². The minimum atomic E-state index is -0.717. The minimum Gasteiger partial charge on any atom is -0.386 e. The zero-order valence-electron chi connectivity index (χ0n) is 16.4. The molecule has 2 aliphatic heterocycles.